The van der Waals surface area contributed by atoms with E-state index >= 15 is 0 Å². The molecule has 1 aliphatic rings. The number of likely N-dealkylation sites (tertiary alicyclic amines) is 1. The maximum Gasteiger partial charge on any atom is 0.0379 e. The summed E-state index contributed by atoms with van der Waals surface area (Å²) in [4.78, 5) is 2.36. The van der Waals surface area contributed by atoms with E-state index in [4.69, 9.17) is 0 Å². The number of nitrogens with one attached hydrogen (secondary N) is 1. The molecule has 1 heterocycles. The van der Waals surface area contributed by atoms with E-state index in [1.807, 2.05) is 7.05 Å². The van der Waals surface area contributed by atoms with E-state index in [2.05, 4.69) is 29.4 Å². The molecule has 1 N–H and O–H groups in total. The van der Waals surface area contributed by atoms with Crippen LogP contribution in [0.3, 0.4) is 0 Å². The van der Waals surface area contributed by atoms with Gasteiger partial charge in [-0.15, -0.1) is 0 Å². The van der Waals surface area contributed by atoms with Gasteiger partial charge in [0.15, 0.2) is 0 Å². The fourth-order valence-electron chi connectivity index (χ4n) is 1.41. The molecule has 0 aromatic carbocycles. The van der Waals surface area contributed by atoms with Gasteiger partial charge < -0.3 is 4.90 Å². The zero-order chi connectivity index (χ0) is 7.56. The van der Waals surface area contributed by atoms with E-state index in [0.29, 0.717) is 6.04 Å². The third-order valence-corrected chi connectivity index (χ3v) is 2.27. The average Bonchev–Trinajstić information content (AvgIpc) is 2.34. The van der Waals surface area contributed by atoms with Crippen LogP contribution >= 0.6 is 0 Å². The summed E-state index contributed by atoms with van der Waals surface area (Å²) < 4.78 is 0. The van der Waals surface area contributed by atoms with E-state index in [0.717, 1.165) is 0 Å². The minimum absolute atomic E-state index is 0.704. The first kappa shape index (κ1) is 7.98. The second kappa shape index (κ2) is 3.32. The van der Waals surface area contributed by atoms with Gasteiger partial charge in [-0.05, 0) is 27.1 Å². The molecule has 0 spiro atoms. The molecular formula is C7H17N3. The van der Waals surface area contributed by atoms with Gasteiger partial charge in [0.2, 0.25) is 0 Å². The summed E-state index contributed by atoms with van der Waals surface area (Å²) in [7, 11) is 6.24. The molecule has 10 heavy (non-hydrogen) atoms. The SMILES string of the molecule is CNN(C)[C@H]1CCN(C)C1. The van der Waals surface area contributed by atoms with Crippen LogP contribution in [-0.2, 0) is 0 Å². The maximum absolute atomic E-state index is 3.13. The topological polar surface area (TPSA) is 18.5 Å². The highest BCUT2D eigenvalue weighted by atomic mass is 15.5. The minimum Gasteiger partial charge on any atom is -0.305 e. The summed E-state index contributed by atoms with van der Waals surface area (Å²) in [5.41, 5.74) is 3.13. The monoisotopic (exact) mass is 143 g/mol. The summed E-state index contributed by atoms with van der Waals surface area (Å²) >= 11 is 0. The van der Waals surface area contributed by atoms with Crippen molar-refractivity contribution in [2.45, 2.75) is 12.5 Å². The van der Waals surface area contributed by atoms with E-state index in [1.54, 1.807) is 0 Å². The van der Waals surface area contributed by atoms with Crippen LogP contribution < -0.4 is 5.43 Å². The summed E-state index contributed by atoms with van der Waals surface area (Å²) in [6, 6.07) is 0.704. The van der Waals surface area contributed by atoms with Crippen LogP contribution in [0, 0.1) is 0 Å². The molecule has 3 nitrogen and oxygen atoms in total. The maximum atomic E-state index is 3.13. The Hall–Kier alpha value is -0.120. The van der Waals surface area contributed by atoms with Gasteiger partial charge in [-0.25, -0.2) is 5.01 Å². The molecule has 0 aliphatic carbocycles. The predicted molar refractivity (Wildman–Crippen MR) is 42.7 cm³/mol. The van der Waals surface area contributed by atoms with Gasteiger partial charge in [-0.3, -0.25) is 5.43 Å². The number of nitrogens with zero attached hydrogens (tertiary/aromatic N) is 2. The highest BCUT2D eigenvalue weighted by Crippen LogP contribution is 2.09. The molecule has 1 rings (SSSR count). The Labute approximate surface area is 63.0 Å². The second-order valence-electron chi connectivity index (χ2n) is 3.04. The van der Waals surface area contributed by atoms with E-state index in [9.17, 15) is 0 Å². The third-order valence-electron chi connectivity index (χ3n) is 2.27. The molecule has 60 valence electrons. The van der Waals surface area contributed by atoms with Gasteiger partial charge in [0.1, 0.15) is 0 Å². The fraction of sp³-hybridized carbons (Fsp3) is 1.00. The van der Waals surface area contributed by atoms with Gasteiger partial charge in [-0.1, -0.05) is 0 Å². The summed E-state index contributed by atoms with van der Waals surface area (Å²) in [6.45, 7) is 2.42. The zero-order valence-corrected chi connectivity index (χ0v) is 7.09. The molecule has 3 heteroatoms. The quantitative estimate of drug-likeness (QED) is 0.538. The lowest BCUT2D eigenvalue weighted by atomic mass is 10.3. The van der Waals surface area contributed by atoms with Gasteiger partial charge in [-0.2, -0.15) is 0 Å². The van der Waals surface area contributed by atoms with E-state index in [1.165, 1.54) is 19.5 Å². The summed E-state index contributed by atoms with van der Waals surface area (Å²) in [5.74, 6) is 0. The first-order valence-corrected chi connectivity index (χ1v) is 3.83. The number of rotatable bonds is 2. The van der Waals surface area contributed by atoms with Gasteiger partial charge >= 0.3 is 0 Å². The smallest absolute Gasteiger partial charge is 0.0379 e. The predicted octanol–water partition coefficient (Wildman–Crippen LogP) is -0.243. The van der Waals surface area contributed by atoms with Crippen molar-refractivity contribution in [3.63, 3.8) is 0 Å². The molecule has 0 bridgehead atoms. The van der Waals surface area contributed by atoms with Gasteiger partial charge in [0, 0.05) is 19.6 Å². The van der Waals surface area contributed by atoms with Crippen LogP contribution in [0.25, 0.3) is 0 Å². The second-order valence-corrected chi connectivity index (χ2v) is 3.04. The van der Waals surface area contributed by atoms with Gasteiger partial charge in [0.05, 0.1) is 0 Å². The van der Waals surface area contributed by atoms with Crippen molar-refractivity contribution in [2.75, 3.05) is 34.2 Å². The summed E-state index contributed by atoms with van der Waals surface area (Å²) in [5, 5.41) is 2.18. The Bertz CT molecular complexity index is 105. The molecule has 1 atom stereocenters. The Morgan fingerprint density at radius 2 is 2.30 bits per heavy atom. The van der Waals surface area contributed by atoms with Crippen molar-refractivity contribution in [1.82, 2.24) is 15.3 Å². The molecule has 1 aliphatic heterocycles. The van der Waals surface area contributed by atoms with Crippen molar-refractivity contribution in [3.05, 3.63) is 0 Å². The van der Waals surface area contributed by atoms with Crippen molar-refractivity contribution in [2.24, 2.45) is 0 Å². The lowest BCUT2D eigenvalue weighted by Crippen LogP contribution is -2.41. The van der Waals surface area contributed by atoms with Crippen LogP contribution in [0.2, 0.25) is 0 Å². The van der Waals surface area contributed by atoms with Crippen LogP contribution in [0.1, 0.15) is 6.42 Å². The lowest BCUT2D eigenvalue weighted by molar-refractivity contribution is 0.184. The molecule has 0 aromatic rings. The number of hydrogen-bond donors (Lipinski definition) is 1. The zero-order valence-electron chi connectivity index (χ0n) is 7.09. The Morgan fingerprint density at radius 3 is 2.70 bits per heavy atom. The normalized spacial score (nSPS) is 28.2. The molecule has 0 aromatic heterocycles. The summed E-state index contributed by atoms with van der Waals surface area (Å²) in [6.07, 6.45) is 1.29. The van der Waals surface area contributed by atoms with E-state index in [-0.39, 0.29) is 0 Å². The fourth-order valence-corrected chi connectivity index (χ4v) is 1.41. The number of likely N-dealkylation sites (N-methyl/N-ethyl adjacent to an activating group) is 2. The average molecular weight is 143 g/mol. The van der Waals surface area contributed by atoms with Gasteiger partial charge in [0.25, 0.3) is 0 Å². The molecular weight excluding hydrogens is 126 g/mol. The molecule has 0 radical (unpaired) electrons. The van der Waals surface area contributed by atoms with Crippen LogP contribution in [0.5, 0.6) is 0 Å². The van der Waals surface area contributed by atoms with Crippen LogP contribution in [0.4, 0.5) is 0 Å². The minimum atomic E-state index is 0.704. The largest absolute Gasteiger partial charge is 0.305 e. The Balaban J connectivity index is 2.29. The highest BCUT2D eigenvalue weighted by Gasteiger charge is 2.21. The third kappa shape index (κ3) is 1.68. The highest BCUT2D eigenvalue weighted by molar-refractivity contribution is 4.77. The molecule has 1 saturated heterocycles. The lowest BCUT2D eigenvalue weighted by Gasteiger charge is -2.22. The van der Waals surface area contributed by atoms with Crippen molar-refractivity contribution < 1.29 is 0 Å². The first-order chi connectivity index (χ1) is 4.74. The standard InChI is InChI=1S/C7H17N3/c1-8-10(3)7-4-5-9(2)6-7/h7-8H,4-6H2,1-3H3/t7-/m0/s1. The van der Waals surface area contributed by atoms with Crippen LogP contribution in [-0.4, -0.2) is 50.2 Å². The number of hydrogen-bond acceptors (Lipinski definition) is 3. The molecule has 1 fully saturated rings. The van der Waals surface area contributed by atoms with Crippen LogP contribution in [0.15, 0.2) is 0 Å². The first-order valence-electron chi connectivity index (χ1n) is 3.83. The Kier molecular flexibility index (Phi) is 2.65. The van der Waals surface area contributed by atoms with Crippen molar-refractivity contribution >= 4 is 0 Å². The Morgan fingerprint density at radius 1 is 1.60 bits per heavy atom. The molecule has 0 saturated carbocycles. The van der Waals surface area contributed by atoms with E-state index < -0.39 is 0 Å². The number of hydrazine groups is 1. The van der Waals surface area contributed by atoms with Crippen molar-refractivity contribution in [3.8, 4) is 0 Å². The molecule has 0 unspecified atom stereocenters. The molecule has 0 amide bonds. The van der Waals surface area contributed by atoms with Crippen molar-refractivity contribution in [1.29, 1.82) is 0 Å².